The molecule has 1 aliphatic rings. The third kappa shape index (κ3) is 3.54. The van der Waals surface area contributed by atoms with Gasteiger partial charge in [0.2, 0.25) is 0 Å². The average molecular weight is 212 g/mol. The van der Waals surface area contributed by atoms with E-state index in [0.717, 1.165) is 0 Å². The Labute approximate surface area is 99.0 Å². The van der Waals surface area contributed by atoms with E-state index in [1.807, 2.05) is 36.4 Å². The molecule has 0 saturated heterocycles. The lowest BCUT2D eigenvalue weighted by Gasteiger charge is -1.93. The summed E-state index contributed by atoms with van der Waals surface area (Å²) in [4.78, 5) is 0. The second kappa shape index (κ2) is 6.84. The van der Waals surface area contributed by atoms with Crippen LogP contribution >= 0.6 is 0 Å². The van der Waals surface area contributed by atoms with E-state index in [1.54, 1.807) is 11.1 Å². The molecular weight excluding hydrogens is 192 g/mol. The zero-order valence-corrected chi connectivity index (χ0v) is 8.89. The molecule has 0 heteroatoms. The Morgan fingerprint density at radius 3 is 1.31 bits per heavy atom. The largest absolute Gasteiger partial charge is 0.0776 e. The first-order valence-corrected chi connectivity index (χ1v) is 5.53. The molecule has 16 heavy (non-hydrogen) atoms. The molecule has 0 N–H and O–H groups in total. The smallest absolute Gasteiger partial charge is 0.0273 e. The van der Waals surface area contributed by atoms with Crippen molar-refractivity contribution in [3.05, 3.63) is 71.8 Å². The molecule has 0 nitrogen and oxygen atoms in total. The van der Waals surface area contributed by atoms with Crippen LogP contribution in [0.3, 0.4) is 0 Å². The van der Waals surface area contributed by atoms with Gasteiger partial charge < -0.3 is 0 Å². The third-order valence-corrected chi connectivity index (χ3v) is 2.68. The van der Waals surface area contributed by atoms with Gasteiger partial charge in [-0.15, -0.1) is 0 Å². The summed E-state index contributed by atoms with van der Waals surface area (Å²) in [5, 5.41) is 0. The van der Waals surface area contributed by atoms with Crippen molar-refractivity contribution in [2.24, 2.45) is 0 Å². The minimum Gasteiger partial charge on any atom is -0.0776 e. The van der Waals surface area contributed by atoms with Gasteiger partial charge >= 0.3 is 0 Å². The van der Waals surface area contributed by atoms with Crippen LogP contribution in [-0.2, 0) is 12.8 Å². The van der Waals surface area contributed by atoms with Crippen LogP contribution in [0.4, 0.5) is 0 Å². The van der Waals surface area contributed by atoms with Crippen molar-refractivity contribution in [1.29, 1.82) is 0 Å². The maximum absolute atomic E-state index is 2.24. The van der Waals surface area contributed by atoms with E-state index in [0.29, 0.717) is 0 Å². The van der Waals surface area contributed by atoms with Gasteiger partial charge in [0.1, 0.15) is 0 Å². The molecule has 0 heterocycles. The minimum atomic E-state index is 0. The number of aryl methyl sites for hydroxylation is 2. The number of hydrogen-bond donors (Lipinski definition) is 0. The highest BCUT2D eigenvalue weighted by molar-refractivity contribution is 5.30. The van der Waals surface area contributed by atoms with Crippen molar-refractivity contribution < 1.29 is 0 Å². The number of benzene rings is 2. The van der Waals surface area contributed by atoms with Gasteiger partial charge in [0, 0.05) is 0 Å². The predicted octanol–water partition coefficient (Wildman–Crippen LogP) is 4.50. The number of rotatable bonds is 0. The summed E-state index contributed by atoms with van der Waals surface area (Å²) < 4.78 is 0. The molecule has 0 amide bonds. The topological polar surface area (TPSA) is 0 Å². The van der Waals surface area contributed by atoms with Gasteiger partial charge in [-0.1, -0.05) is 68.1 Å². The fourth-order valence-corrected chi connectivity index (χ4v) is 1.90. The molecule has 2 aromatic carbocycles. The Balaban J connectivity index is 0.000000162. The van der Waals surface area contributed by atoms with Crippen molar-refractivity contribution in [2.75, 3.05) is 0 Å². The van der Waals surface area contributed by atoms with Crippen LogP contribution in [-0.4, -0.2) is 0 Å². The molecule has 2 aromatic rings. The van der Waals surface area contributed by atoms with Crippen molar-refractivity contribution in [1.82, 2.24) is 0 Å². The quantitative estimate of drug-likeness (QED) is 0.603. The summed E-state index contributed by atoms with van der Waals surface area (Å²) in [5.74, 6) is 0. The van der Waals surface area contributed by atoms with Crippen LogP contribution < -0.4 is 0 Å². The Morgan fingerprint density at radius 2 is 0.938 bits per heavy atom. The van der Waals surface area contributed by atoms with Crippen molar-refractivity contribution in [3.63, 3.8) is 0 Å². The molecule has 3 rings (SSSR count). The summed E-state index contributed by atoms with van der Waals surface area (Å²) in [7, 11) is 0. The molecule has 0 fully saturated rings. The Hall–Kier alpha value is -1.56. The van der Waals surface area contributed by atoms with Gasteiger partial charge in [-0.2, -0.15) is 0 Å². The Kier molecular flexibility index (Phi) is 5.35. The molecule has 84 valence electrons. The first-order valence-electron chi connectivity index (χ1n) is 5.53. The fourth-order valence-electron chi connectivity index (χ4n) is 1.90. The summed E-state index contributed by atoms with van der Waals surface area (Å²) in [6, 6.07) is 20.7. The Morgan fingerprint density at radius 1 is 0.562 bits per heavy atom. The first-order chi connectivity index (χ1) is 7.47. The zero-order chi connectivity index (χ0) is 10.3. The number of fused-ring (bicyclic) bond motifs is 1. The standard InChI is InChI=1S/C9H10.C6H6.CH4/c1-2-5-9-7-3-6-8(9)4-1;1-2-4-6-5-3-1;/h1-2,4-5H,3,6-7H2;1-6H;1H4. The van der Waals surface area contributed by atoms with Crippen molar-refractivity contribution >= 4 is 0 Å². The summed E-state index contributed by atoms with van der Waals surface area (Å²) in [6.07, 6.45) is 3.96. The van der Waals surface area contributed by atoms with E-state index < -0.39 is 0 Å². The highest BCUT2D eigenvalue weighted by Gasteiger charge is 2.07. The third-order valence-electron chi connectivity index (χ3n) is 2.68. The van der Waals surface area contributed by atoms with Gasteiger partial charge in [-0.05, 0) is 30.4 Å². The summed E-state index contributed by atoms with van der Waals surface area (Å²) in [6.45, 7) is 0. The van der Waals surface area contributed by atoms with Gasteiger partial charge in [0.25, 0.3) is 0 Å². The first kappa shape index (κ1) is 12.5. The van der Waals surface area contributed by atoms with Crippen LogP contribution in [0.15, 0.2) is 60.7 Å². The average Bonchev–Trinajstić information content (AvgIpc) is 2.80. The maximum Gasteiger partial charge on any atom is -0.0273 e. The second-order valence-electron chi connectivity index (χ2n) is 3.78. The predicted molar refractivity (Wildman–Crippen MR) is 71.6 cm³/mol. The fraction of sp³-hybridized carbons (Fsp3) is 0.250. The van der Waals surface area contributed by atoms with Gasteiger partial charge in [0.15, 0.2) is 0 Å². The molecule has 0 radical (unpaired) electrons. The molecule has 0 spiro atoms. The van der Waals surface area contributed by atoms with Crippen LogP contribution in [0.2, 0.25) is 0 Å². The lowest BCUT2D eigenvalue weighted by Crippen LogP contribution is -1.77. The summed E-state index contributed by atoms with van der Waals surface area (Å²) >= 11 is 0. The number of hydrogen-bond acceptors (Lipinski definition) is 0. The van der Waals surface area contributed by atoms with E-state index >= 15 is 0 Å². The van der Waals surface area contributed by atoms with Gasteiger partial charge in [-0.25, -0.2) is 0 Å². The van der Waals surface area contributed by atoms with E-state index in [2.05, 4.69) is 24.3 Å². The molecule has 0 atom stereocenters. The molecule has 0 aromatic heterocycles. The lowest BCUT2D eigenvalue weighted by molar-refractivity contribution is 0.912. The minimum absolute atomic E-state index is 0. The van der Waals surface area contributed by atoms with E-state index in [9.17, 15) is 0 Å². The van der Waals surface area contributed by atoms with Crippen molar-refractivity contribution in [3.8, 4) is 0 Å². The van der Waals surface area contributed by atoms with Crippen LogP contribution in [0, 0.1) is 0 Å². The van der Waals surface area contributed by atoms with Crippen LogP contribution in [0.5, 0.6) is 0 Å². The van der Waals surface area contributed by atoms with Gasteiger partial charge in [-0.3, -0.25) is 0 Å². The molecule has 0 bridgehead atoms. The molecule has 1 aliphatic carbocycles. The van der Waals surface area contributed by atoms with Crippen LogP contribution in [0.25, 0.3) is 0 Å². The Bertz CT molecular complexity index is 340. The SMILES string of the molecule is C.c1ccc2c(c1)CCC2.c1ccccc1. The highest BCUT2D eigenvalue weighted by Crippen LogP contribution is 2.20. The molecule has 0 unspecified atom stereocenters. The second-order valence-corrected chi connectivity index (χ2v) is 3.78. The van der Waals surface area contributed by atoms with Crippen molar-refractivity contribution in [2.45, 2.75) is 26.7 Å². The molecule has 0 saturated carbocycles. The van der Waals surface area contributed by atoms with E-state index in [1.165, 1.54) is 19.3 Å². The zero-order valence-electron chi connectivity index (χ0n) is 8.89. The maximum atomic E-state index is 2.24. The van der Waals surface area contributed by atoms with Gasteiger partial charge in [0.05, 0.1) is 0 Å². The summed E-state index contributed by atoms with van der Waals surface area (Å²) in [5.41, 5.74) is 3.13. The lowest BCUT2D eigenvalue weighted by atomic mass is 10.1. The molecular formula is C16H20. The monoisotopic (exact) mass is 212 g/mol. The van der Waals surface area contributed by atoms with E-state index in [4.69, 9.17) is 0 Å². The van der Waals surface area contributed by atoms with Crippen LogP contribution in [0.1, 0.15) is 25.0 Å². The molecule has 0 aliphatic heterocycles. The normalized spacial score (nSPS) is 11.8. The van der Waals surface area contributed by atoms with E-state index in [-0.39, 0.29) is 7.43 Å². The highest BCUT2D eigenvalue weighted by atomic mass is 14.1.